The van der Waals surface area contributed by atoms with E-state index in [0.29, 0.717) is 23.8 Å². The van der Waals surface area contributed by atoms with E-state index in [9.17, 15) is 4.79 Å². The summed E-state index contributed by atoms with van der Waals surface area (Å²) in [4.78, 5) is 19.0. The van der Waals surface area contributed by atoms with Crippen molar-refractivity contribution >= 4 is 39.8 Å². The second-order valence-electron chi connectivity index (χ2n) is 7.94. The van der Waals surface area contributed by atoms with Crippen LogP contribution in [-0.2, 0) is 23.5 Å². The summed E-state index contributed by atoms with van der Waals surface area (Å²) < 4.78 is 2.09. The van der Waals surface area contributed by atoms with Gasteiger partial charge in [0.25, 0.3) is 0 Å². The summed E-state index contributed by atoms with van der Waals surface area (Å²) >= 11 is 3.06. The third-order valence-corrected chi connectivity index (χ3v) is 7.40. The predicted octanol–water partition coefficient (Wildman–Crippen LogP) is 6.11. The molecule has 0 spiro atoms. The molecule has 174 valence electrons. The van der Waals surface area contributed by atoms with Crippen LogP contribution in [0.5, 0.6) is 0 Å². The van der Waals surface area contributed by atoms with Gasteiger partial charge in [-0.25, -0.2) is 4.98 Å². The smallest absolute Gasteiger partial charge is 0.230 e. The molecule has 0 N–H and O–H groups in total. The largest absolute Gasteiger partial charge is 0.302 e. The Hall–Kier alpha value is -3.23. The second-order valence-corrected chi connectivity index (χ2v) is 9.72. The van der Waals surface area contributed by atoms with E-state index in [1.807, 2.05) is 61.7 Å². The zero-order chi connectivity index (χ0) is 24.1. The summed E-state index contributed by atoms with van der Waals surface area (Å²) in [5, 5.41) is 12.4. The molecule has 0 bridgehead atoms. The Balaban J connectivity index is 1.52. The lowest BCUT2D eigenvalue weighted by Gasteiger charge is -2.21. The Labute approximate surface area is 208 Å². The van der Waals surface area contributed by atoms with E-state index in [1.165, 1.54) is 16.9 Å². The zero-order valence-electron chi connectivity index (χ0n) is 19.6. The molecule has 1 amide bonds. The van der Waals surface area contributed by atoms with Crippen LogP contribution in [0.3, 0.4) is 0 Å². The van der Waals surface area contributed by atoms with Crippen molar-refractivity contribution in [3.8, 4) is 0 Å². The topological polar surface area (TPSA) is 63.9 Å². The summed E-state index contributed by atoms with van der Waals surface area (Å²) in [6, 6.07) is 16.2. The van der Waals surface area contributed by atoms with Gasteiger partial charge in [0, 0.05) is 31.0 Å². The van der Waals surface area contributed by atoms with Crippen molar-refractivity contribution in [2.75, 3.05) is 4.90 Å². The number of hydrogen-bond donors (Lipinski definition) is 0. The van der Waals surface area contributed by atoms with Crippen molar-refractivity contribution in [2.24, 2.45) is 0 Å². The molecular formula is C26H27N5OS2. The van der Waals surface area contributed by atoms with Crippen LogP contribution in [-0.4, -0.2) is 25.7 Å². The molecule has 6 nitrogen and oxygen atoms in total. The summed E-state index contributed by atoms with van der Waals surface area (Å²) in [5.41, 5.74) is 5.18. The number of hydrogen-bond acceptors (Lipinski definition) is 6. The number of aromatic nitrogens is 4. The quantitative estimate of drug-likeness (QED) is 0.210. The maximum Gasteiger partial charge on any atom is 0.230 e. The molecule has 0 atom stereocenters. The number of carbonyl (C=O) groups excluding carboxylic acids is 1. The number of nitrogens with zero attached hydrogens (tertiary/aromatic N) is 5. The van der Waals surface area contributed by atoms with E-state index in [2.05, 4.69) is 33.5 Å². The van der Waals surface area contributed by atoms with E-state index in [0.717, 1.165) is 33.5 Å². The van der Waals surface area contributed by atoms with Gasteiger partial charge in [0.2, 0.25) is 5.91 Å². The SMILES string of the molecule is C=CCn1c(Cc2ccccc2)nnc1SCc1csc(N(C(C)=O)c2cccc(C)c2C)n1. The molecule has 2 aromatic heterocycles. The van der Waals surface area contributed by atoms with E-state index >= 15 is 0 Å². The predicted molar refractivity (Wildman–Crippen MR) is 140 cm³/mol. The van der Waals surface area contributed by atoms with Gasteiger partial charge in [0.1, 0.15) is 5.82 Å². The molecule has 0 fully saturated rings. The summed E-state index contributed by atoms with van der Waals surface area (Å²) in [5.74, 6) is 1.49. The highest BCUT2D eigenvalue weighted by atomic mass is 32.2. The maximum atomic E-state index is 12.5. The molecule has 0 saturated heterocycles. The van der Waals surface area contributed by atoms with Crippen molar-refractivity contribution in [3.05, 3.63) is 94.8 Å². The van der Waals surface area contributed by atoms with Crippen LogP contribution >= 0.6 is 23.1 Å². The van der Waals surface area contributed by atoms with Crippen LogP contribution in [0.1, 0.15) is 35.1 Å². The highest BCUT2D eigenvalue weighted by molar-refractivity contribution is 7.98. The number of rotatable bonds is 9. The Morgan fingerprint density at radius 1 is 1.15 bits per heavy atom. The van der Waals surface area contributed by atoms with Crippen LogP contribution in [0.2, 0.25) is 0 Å². The highest BCUT2D eigenvalue weighted by Gasteiger charge is 2.21. The van der Waals surface area contributed by atoms with Crippen LogP contribution in [0.15, 0.2) is 71.7 Å². The first kappa shape index (κ1) is 23.9. The summed E-state index contributed by atoms with van der Waals surface area (Å²) in [6.07, 6.45) is 2.57. The standard InChI is InChI=1S/C26H27N5OS2/c1-5-14-30-24(15-21-11-7-6-8-12-21)28-29-26(30)34-17-22-16-33-25(27-22)31(20(4)32)23-13-9-10-18(2)19(23)3/h5-13,16H,1,14-15,17H2,2-4H3. The van der Waals surface area contributed by atoms with E-state index in [-0.39, 0.29) is 5.91 Å². The van der Waals surface area contributed by atoms with Crippen molar-refractivity contribution in [3.63, 3.8) is 0 Å². The Morgan fingerprint density at radius 2 is 1.94 bits per heavy atom. The van der Waals surface area contributed by atoms with Crippen LogP contribution in [0.25, 0.3) is 0 Å². The lowest BCUT2D eigenvalue weighted by molar-refractivity contribution is -0.115. The first-order valence-electron chi connectivity index (χ1n) is 11.0. The minimum atomic E-state index is -0.0569. The summed E-state index contributed by atoms with van der Waals surface area (Å²) in [7, 11) is 0. The number of amides is 1. The van der Waals surface area contributed by atoms with Crippen molar-refractivity contribution in [1.29, 1.82) is 0 Å². The average Bonchev–Trinajstić information content (AvgIpc) is 3.43. The van der Waals surface area contributed by atoms with Gasteiger partial charge < -0.3 is 4.57 Å². The number of aryl methyl sites for hydroxylation is 1. The van der Waals surface area contributed by atoms with Crippen LogP contribution < -0.4 is 4.90 Å². The number of benzene rings is 2. The number of anilines is 2. The molecule has 0 aliphatic carbocycles. The fourth-order valence-electron chi connectivity index (χ4n) is 3.64. The molecule has 0 radical (unpaired) electrons. The van der Waals surface area contributed by atoms with Gasteiger partial charge in [-0.3, -0.25) is 9.69 Å². The molecular weight excluding hydrogens is 462 g/mol. The Morgan fingerprint density at radius 3 is 2.68 bits per heavy atom. The molecule has 4 aromatic rings. The van der Waals surface area contributed by atoms with Gasteiger partial charge in [0.15, 0.2) is 10.3 Å². The van der Waals surface area contributed by atoms with Crippen LogP contribution in [0, 0.1) is 13.8 Å². The molecule has 0 aliphatic rings. The second kappa shape index (κ2) is 10.8. The fraction of sp³-hybridized carbons (Fsp3) is 0.231. The minimum absolute atomic E-state index is 0.0569. The molecule has 4 rings (SSSR count). The van der Waals surface area contributed by atoms with Crippen molar-refractivity contribution in [1.82, 2.24) is 19.7 Å². The molecule has 0 unspecified atom stereocenters. The number of carbonyl (C=O) groups is 1. The minimum Gasteiger partial charge on any atom is -0.302 e. The van der Waals surface area contributed by atoms with E-state index in [4.69, 9.17) is 4.98 Å². The number of thiazole rings is 1. The average molecular weight is 490 g/mol. The third kappa shape index (κ3) is 5.29. The van der Waals surface area contributed by atoms with Gasteiger partial charge in [-0.1, -0.05) is 60.3 Å². The lowest BCUT2D eigenvalue weighted by atomic mass is 10.1. The lowest BCUT2D eigenvalue weighted by Crippen LogP contribution is -2.23. The molecule has 2 heterocycles. The molecule has 34 heavy (non-hydrogen) atoms. The molecule has 0 aliphatic heterocycles. The zero-order valence-corrected chi connectivity index (χ0v) is 21.2. The fourth-order valence-corrected chi connectivity index (χ4v) is 5.48. The number of allylic oxidation sites excluding steroid dienone is 1. The third-order valence-electron chi connectivity index (χ3n) is 5.52. The first-order chi connectivity index (χ1) is 16.5. The van der Waals surface area contributed by atoms with Gasteiger partial charge in [-0.05, 0) is 36.6 Å². The first-order valence-corrected chi connectivity index (χ1v) is 12.9. The normalized spacial score (nSPS) is 10.9. The molecule has 8 heteroatoms. The number of thioether (sulfide) groups is 1. The Bertz CT molecular complexity index is 1300. The van der Waals surface area contributed by atoms with Gasteiger partial charge >= 0.3 is 0 Å². The maximum absolute atomic E-state index is 12.5. The monoisotopic (exact) mass is 489 g/mol. The van der Waals surface area contributed by atoms with Gasteiger partial charge in [-0.15, -0.1) is 28.1 Å². The molecule has 2 aromatic carbocycles. The Kier molecular flexibility index (Phi) is 7.59. The van der Waals surface area contributed by atoms with E-state index < -0.39 is 0 Å². The van der Waals surface area contributed by atoms with Crippen molar-refractivity contribution < 1.29 is 4.79 Å². The van der Waals surface area contributed by atoms with Crippen molar-refractivity contribution in [2.45, 2.75) is 44.6 Å². The van der Waals surface area contributed by atoms with Gasteiger partial charge in [0.05, 0.1) is 11.4 Å². The highest BCUT2D eigenvalue weighted by Crippen LogP contribution is 2.33. The van der Waals surface area contributed by atoms with Gasteiger partial charge in [-0.2, -0.15) is 0 Å². The van der Waals surface area contributed by atoms with Crippen LogP contribution in [0.4, 0.5) is 10.8 Å². The van der Waals surface area contributed by atoms with E-state index in [1.54, 1.807) is 23.6 Å². The summed E-state index contributed by atoms with van der Waals surface area (Å²) in [6.45, 7) is 10.2. The molecule has 0 saturated carbocycles.